The topological polar surface area (TPSA) is 50.3 Å². The molecule has 2 heterocycles. The molecule has 0 aromatic carbocycles. The van der Waals surface area contributed by atoms with Crippen LogP contribution in [0.3, 0.4) is 0 Å². The Morgan fingerprint density at radius 1 is 1.40 bits per heavy atom. The third kappa shape index (κ3) is 3.07. The highest BCUT2D eigenvalue weighted by Gasteiger charge is 2.38. The second kappa shape index (κ2) is 5.73. The average molecular weight is 349 g/mol. The van der Waals surface area contributed by atoms with Gasteiger partial charge in [-0.15, -0.1) is 22.7 Å². The van der Waals surface area contributed by atoms with E-state index >= 15 is 0 Å². The molecule has 0 unspecified atom stereocenters. The van der Waals surface area contributed by atoms with Gasteiger partial charge in [0.05, 0.1) is 9.34 Å². The molecule has 0 N–H and O–H groups in total. The second-order valence-corrected chi connectivity index (χ2v) is 9.39. The van der Waals surface area contributed by atoms with Crippen LogP contribution in [-0.2, 0) is 16.4 Å². The van der Waals surface area contributed by atoms with Gasteiger partial charge in [-0.3, -0.25) is 0 Å². The maximum atomic E-state index is 12.6. The minimum atomic E-state index is -3.43. The zero-order chi connectivity index (χ0) is 14.2. The van der Waals surface area contributed by atoms with Crippen LogP contribution < -0.4 is 0 Å². The number of thiazole rings is 1. The van der Waals surface area contributed by atoms with Crippen molar-refractivity contribution in [2.45, 2.75) is 29.5 Å². The predicted molar refractivity (Wildman–Crippen MR) is 82.1 cm³/mol. The van der Waals surface area contributed by atoms with E-state index in [2.05, 4.69) is 4.98 Å². The summed E-state index contributed by atoms with van der Waals surface area (Å²) in [5, 5.41) is 2.87. The summed E-state index contributed by atoms with van der Waals surface area (Å²) in [6, 6.07) is 3.35. The van der Waals surface area contributed by atoms with Crippen LogP contribution in [0.4, 0.5) is 0 Å². The summed E-state index contributed by atoms with van der Waals surface area (Å²) in [5.41, 5.74) is 0. The Hall–Kier alpha value is -0.470. The van der Waals surface area contributed by atoms with E-state index in [0.717, 1.165) is 29.2 Å². The average Bonchev–Trinajstić information content (AvgIpc) is 2.90. The van der Waals surface area contributed by atoms with E-state index in [-0.39, 0.29) is 6.04 Å². The Balaban J connectivity index is 1.79. The largest absolute Gasteiger partial charge is 0.252 e. The molecule has 2 aromatic rings. The highest BCUT2D eigenvalue weighted by Crippen LogP contribution is 2.35. The molecule has 108 valence electrons. The smallest absolute Gasteiger partial charge is 0.250 e. The summed E-state index contributed by atoms with van der Waals surface area (Å²) in [6.07, 6.45) is 4.29. The van der Waals surface area contributed by atoms with Gasteiger partial charge in [0.1, 0.15) is 4.21 Å². The molecule has 0 atom stereocenters. The lowest BCUT2D eigenvalue weighted by atomic mass is 10.4. The zero-order valence-electron chi connectivity index (χ0n) is 10.5. The van der Waals surface area contributed by atoms with E-state index in [0.29, 0.717) is 21.5 Å². The van der Waals surface area contributed by atoms with E-state index in [1.807, 2.05) is 5.38 Å². The van der Waals surface area contributed by atoms with Gasteiger partial charge in [-0.25, -0.2) is 13.4 Å². The van der Waals surface area contributed by atoms with Gasteiger partial charge in [0.25, 0.3) is 10.0 Å². The van der Waals surface area contributed by atoms with Gasteiger partial charge in [-0.1, -0.05) is 11.6 Å². The van der Waals surface area contributed by atoms with Crippen molar-refractivity contribution in [3.8, 4) is 0 Å². The van der Waals surface area contributed by atoms with E-state index in [1.54, 1.807) is 34.0 Å². The zero-order valence-corrected chi connectivity index (χ0v) is 13.7. The van der Waals surface area contributed by atoms with Gasteiger partial charge < -0.3 is 0 Å². The molecule has 1 fully saturated rings. The summed E-state index contributed by atoms with van der Waals surface area (Å²) < 4.78 is 27.7. The summed E-state index contributed by atoms with van der Waals surface area (Å²) in [7, 11) is -3.43. The molecule has 0 bridgehead atoms. The normalized spacial score (nSPS) is 15.9. The molecule has 0 spiro atoms. The summed E-state index contributed by atoms with van der Waals surface area (Å²) in [5.74, 6) is 0. The monoisotopic (exact) mass is 348 g/mol. The molecule has 4 nitrogen and oxygen atoms in total. The quantitative estimate of drug-likeness (QED) is 0.805. The van der Waals surface area contributed by atoms with E-state index in [4.69, 9.17) is 11.6 Å². The minimum Gasteiger partial charge on any atom is -0.250 e. The first-order valence-corrected chi connectivity index (χ1v) is 9.74. The van der Waals surface area contributed by atoms with Gasteiger partial charge in [-0.05, 0) is 25.0 Å². The van der Waals surface area contributed by atoms with Crippen LogP contribution in [0.1, 0.15) is 17.8 Å². The van der Waals surface area contributed by atoms with Gasteiger partial charge in [0, 0.05) is 30.6 Å². The number of nitrogens with zero attached hydrogens (tertiary/aromatic N) is 2. The molecule has 20 heavy (non-hydrogen) atoms. The maximum absolute atomic E-state index is 12.6. The van der Waals surface area contributed by atoms with Crippen molar-refractivity contribution in [1.29, 1.82) is 0 Å². The van der Waals surface area contributed by atoms with Crippen LogP contribution in [0.2, 0.25) is 4.34 Å². The number of hydrogen-bond donors (Lipinski definition) is 0. The fourth-order valence-electron chi connectivity index (χ4n) is 2.00. The lowest BCUT2D eigenvalue weighted by Crippen LogP contribution is -2.34. The fraction of sp³-hybridized carbons (Fsp3) is 0.417. The first-order chi connectivity index (χ1) is 9.57. The van der Waals surface area contributed by atoms with Crippen molar-refractivity contribution in [3.63, 3.8) is 0 Å². The second-order valence-electron chi connectivity index (χ2n) is 4.58. The van der Waals surface area contributed by atoms with Crippen molar-refractivity contribution < 1.29 is 8.42 Å². The molecule has 0 amide bonds. The molecule has 3 rings (SSSR count). The number of sulfonamides is 1. The third-order valence-electron chi connectivity index (χ3n) is 3.10. The van der Waals surface area contributed by atoms with E-state index in [9.17, 15) is 8.42 Å². The number of thiophene rings is 1. The molecule has 1 saturated carbocycles. The van der Waals surface area contributed by atoms with Crippen LogP contribution in [0.5, 0.6) is 0 Å². The van der Waals surface area contributed by atoms with Crippen molar-refractivity contribution in [3.05, 3.63) is 33.1 Å². The molecule has 2 aromatic heterocycles. The van der Waals surface area contributed by atoms with Gasteiger partial charge in [0.15, 0.2) is 0 Å². The van der Waals surface area contributed by atoms with Crippen LogP contribution in [0.25, 0.3) is 0 Å². The Morgan fingerprint density at radius 2 is 2.20 bits per heavy atom. The van der Waals surface area contributed by atoms with Gasteiger partial charge in [0.2, 0.25) is 0 Å². The first kappa shape index (κ1) is 14.5. The lowest BCUT2D eigenvalue weighted by Gasteiger charge is -2.20. The summed E-state index contributed by atoms with van der Waals surface area (Å²) in [4.78, 5) is 4.21. The van der Waals surface area contributed by atoms with Gasteiger partial charge in [-0.2, -0.15) is 4.31 Å². The maximum Gasteiger partial charge on any atom is 0.252 e. The van der Waals surface area contributed by atoms with Crippen LogP contribution in [0, 0.1) is 0 Å². The molecule has 1 aliphatic carbocycles. The van der Waals surface area contributed by atoms with Crippen molar-refractivity contribution >= 4 is 44.3 Å². The van der Waals surface area contributed by atoms with Crippen LogP contribution in [-0.4, -0.2) is 30.3 Å². The summed E-state index contributed by atoms with van der Waals surface area (Å²) >= 11 is 8.52. The Morgan fingerprint density at radius 3 is 2.75 bits per heavy atom. The molecule has 1 aliphatic rings. The molecule has 0 saturated heterocycles. The van der Waals surface area contributed by atoms with E-state index < -0.39 is 10.0 Å². The standard InChI is InChI=1S/C12H13ClN2O2S3/c13-10-3-4-12(19-10)20(16,17)15(9-1-2-9)7-5-11-14-6-8-18-11/h3-4,6,8-9H,1-2,5,7H2. The molecule has 8 heteroatoms. The summed E-state index contributed by atoms with van der Waals surface area (Å²) in [6.45, 7) is 0.482. The number of aromatic nitrogens is 1. The number of halogens is 1. The predicted octanol–water partition coefficient (Wildman–Crippen LogP) is 3.25. The Bertz CT molecular complexity index is 677. The highest BCUT2D eigenvalue weighted by atomic mass is 35.5. The van der Waals surface area contributed by atoms with Gasteiger partial charge >= 0.3 is 0 Å². The van der Waals surface area contributed by atoms with E-state index in [1.165, 1.54) is 0 Å². The molecular formula is C12H13ClN2O2S3. The Labute approximate surface area is 131 Å². The minimum absolute atomic E-state index is 0.140. The fourth-order valence-corrected chi connectivity index (χ4v) is 5.90. The van der Waals surface area contributed by atoms with Crippen LogP contribution in [0.15, 0.2) is 27.9 Å². The number of rotatable bonds is 6. The molecule has 0 aliphatic heterocycles. The first-order valence-electron chi connectivity index (χ1n) is 6.23. The van der Waals surface area contributed by atoms with Crippen molar-refractivity contribution in [2.24, 2.45) is 0 Å². The SMILES string of the molecule is O=S(=O)(c1ccc(Cl)s1)N(CCc1nccs1)C1CC1. The lowest BCUT2D eigenvalue weighted by molar-refractivity contribution is 0.408. The molecular weight excluding hydrogens is 336 g/mol. The molecule has 0 radical (unpaired) electrons. The third-order valence-corrected chi connectivity index (χ3v) is 7.58. The van der Waals surface area contributed by atoms with Crippen molar-refractivity contribution in [2.75, 3.05) is 6.54 Å². The van der Waals surface area contributed by atoms with Crippen molar-refractivity contribution in [1.82, 2.24) is 9.29 Å². The van der Waals surface area contributed by atoms with Crippen LogP contribution >= 0.6 is 34.3 Å². The Kier molecular flexibility index (Phi) is 4.14. The number of hydrogen-bond acceptors (Lipinski definition) is 5. The highest BCUT2D eigenvalue weighted by molar-refractivity contribution is 7.91.